The van der Waals surface area contributed by atoms with Gasteiger partial charge in [-0.25, -0.2) is 14.8 Å². The van der Waals surface area contributed by atoms with E-state index in [9.17, 15) is 14.9 Å². The van der Waals surface area contributed by atoms with Crippen LogP contribution in [0.25, 0.3) is 22.2 Å². The first kappa shape index (κ1) is 14.4. The summed E-state index contributed by atoms with van der Waals surface area (Å²) in [5.41, 5.74) is 1.41. The third-order valence-corrected chi connectivity index (χ3v) is 3.26. The number of nitro benzene ring substituents is 1. The second kappa shape index (κ2) is 5.37. The molecule has 0 radical (unpaired) electrons. The third kappa shape index (κ3) is 2.55. The number of carbonyl (C=O) groups is 1. The molecule has 1 aromatic carbocycles. The van der Waals surface area contributed by atoms with Crippen LogP contribution in [0.3, 0.4) is 0 Å². The minimum Gasteiger partial charge on any atom is -0.465 e. The SMILES string of the molecule is Cc1oc2ncnc(NC(=O)O)c2c1-c1ccc([N+](=O)[O-])cc1. The number of hydrogen-bond donors (Lipinski definition) is 2. The number of aromatic nitrogens is 2. The molecule has 0 saturated carbocycles. The highest BCUT2D eigenvalue weighted by Crippen LogP contribution is 2.37. The predicted molar refractivity (Wildman–Crippen MR) is 80.3 cm³/mol. The van der Waals surface area contributed by atoms with Crippen molar-refractivity contribution in [3.63, 3.8) is 0 Å². The van der Waals surface area contributed by atoms with Crippen molar-refractivity contribution in [3.8, 4) is 11.1 Å². The number of nitrogens with zero attached hydrogens (tertiary/aromatic N) is 3. The number of aryl methyl sites for hydroxylation is 1. The summed E-state index contributed by atoms with van der Waals surface area (Å²) in [6.07, 6.45) is -0.0746. The van der Waals surface area contributed by atoms with Crippen LogP contribution in [-0.4, -0.2) is 26.1 Å². The summed E-state index contributed by atoms with van der Waals surface area (Å²) < 4.78 is 5.54. The number of non-ortho nitro benzene ring substituents is 1. The van der Waals surface area contributed by atoms with Crippen molar-refractivity contribution < 1.29 is 19.2 Å². The number of carboxylic acid groups (broad SMARTS) is 1. The van der Waals surface area contributed by atoms with Crippen molar-refractivity contribution in [1.29, 1.82) is 0 Å². The lowest BCUT2D eigenvalue weighted by atomic mass is 10.0. The van der Waals surface area contributed by atoms with Gasteiger partial charge in [-0.3, -0.25) is 15.4 Å². The maximum Gasteiger partial charge on any atom is 0.410 e. The lowest BCUT2D eigenvalue weighted by Gasteiger charge is -2.04. The molecule has 9 heteroatoms. The summed E-state index contributed by atoms with van der Waals surface area (Å²) >= 11 is 0. The van der Waals surface area contributed by atoms with Gasteiger partial charge < -0.3 is 9.52 Å². The number of nitrogens with one attached hydrogen (secondary N) is 1. The highest BCUT2D eigenvalue weighted by Gasteiger charge is 2.20. The third-order valence-electron chi connectivity index (χ3n) is 3.26. The molecule has 23 heavy (non-hydrogen) atoms. The molecule has 0 fully saturated rings. The minimum absolute atomic E-state index is 0.0423. The average molecular weight is 314 g/mol. The van der Waals surface area contributed by atoms with Crippen LogP contribution in [0.4, 0.5) is 16.3 Å². The Hall–Kier alpha value is -3.49. The highest BCUT2D eigenvalue weighted by molar-refractivity contribution is 6.04. The quantitative estimate of drug-likeness (QED) is 0.560. The number of amides is 1. The van der Waals surface area contributed by atoms with Gasteiger partial charge in [0.2, 0.25) is 5.71 Å². The van der Waals surface area contributed by atoms with E-state index >= 15 is 0 Å². The fraction of sp³-hybridized carbons (Fsp3) is 0.0714. The molecular formula is C14H10N4O5. The van der Waals surface area contributed by atoms with E-state index in [1.165, 1.54) is 18.5 Å². The number of nitro groups is 1. The van der Waals surface area contributed by atoms with Gasteiger partial charge in [-0.05, 0) is 24.6 Å². The summed E-state index contributed by atoms with van der Waals surface area (Å²) in [5.74, 6) is 0.593. The molecule has 0 unspecified atom stereocenters. The first-order chi connectivity index (χ1) is 11.0. The van der Waals surface area contributed by atoms with E-state index in [-0.39, 0.29) is 17.2 Å². The van der Waals surface area contributed by atoms with Gasteiger partial charge in [-0.1, -0.05) is 0 Å². The van der Waals surface area contributed by atoms with Crippen LogP contribution in [-0.2, 0) is 0 Å². The predicted octanol–water partition coefficient (Wildman–Crippen LogP) is 3.20. The number of benzene rings is 1. The van der Waals surface area contributed by atoms with Crippen molar-refractivity contribution in [2.24, 2.45) is 0 Å². The summed E-state index contributed by atoms with van der Waals surface area (Å²) in [6.45, 7) is 1.70. The highest BCUT2D eigenvalue weighted by atomic mass is 16.6. The van der Waals surface area contributed by atoms with Crippen LogP contribution in [0.1, 0.15) is 5.76 Å². The topological polar surface area (TPSA) is 131 Å². The van der Waals surface area contributed by atoms with E-state index in [0.29, 0.717) is 22.3 Å². The lowest BCUT2D eigenvalue weighted by molar-refractivity contribution is -0.384. The Morgan fingerprint density at radius 1 is 1.30 bits per heavy atom. The van der Waals surface area contributed by atoms with Gasteiger partial charge in [0.25, 0.3) is 5.69 Å². The average Bonchev–Trinajstić information content (AvgIpc) is 2.84. The van der Waals surface area contributed by atoms with E-state index in [2.05, 4.69) is 15.3 Å². The molecule has 0 spiro atoms. The normalized spacial score (nSPS) is 10.7. The Balaban J connectivity index is 2.21. The zero-order chi connectivity index (χ0) is 16.6. The van der Waals surface area contributed by atoms with Crippen LogP contribution in [0, 0.1) is 17.0 Å². The second-order valence-corrected chi connectivity index (χ2v) is 4.67. The zero-order valence-electron chi connectivity index (χ0n) is 11.8. The molecule has 0 aliphatic rings. The molecule has 9 nitrogen and oxygen atoms in total. The summed E-state index contributed by atoms with van der Waals surface area (Å²) in [7, 11) is 0. The van der Waals surface area contributed by atoms with Gasteiger partial charge in [0, 0.05) is 17.7 Å². The van der Waals surface area contributed by atoms with E-state index in [1.54, 1.807) is 19.1 Å². The van der Waals surface area contributed by atoms with Crippen molar-refractivity contribution in [2.45, 2.75) is 6.92 Å². The molecule has 2 N–H and O–H groups in total. The summed E-state index contributed by atoms with van der Waals surface area (Å²) in [4.78, 5) is 29.1. The van der Waals surface area contributed by atoms with E-state index < -0.39 is 11.0 Å². The molecule has 3 rings (SSSR count). The fourth-order valence-electron chi connectivity index (χ4n) is 2.34. The van der Waals surface area contributed by atoms with Crippen LogP contribution in [0.15, 0.2) is 35.0 Å². The molecule has 0 bridgehead atoms. The molecule has 0 saturated heterocycles. The van der Waals surface area contributed by atoms with Gasteiger partial charge in [0.1, 0.15) is 12.1 Å². The van der Waals surface area contributed by atoms with Crippen molar-refractivity contribution in [2.75, 3.05) is 5.32 Å². The monoisotopic (exact) mass is 314 g/mol. The standard InChI is InChI=1S/C14H10N4O5/c1-7-10(8-2-4-9(5-3-8)18(21)22)11-12(17-14(19)20)15-6-16-13(11)23-7/h2-6H,1H3,(H,19,20)(H,15,16,17). The maximum absolute atomic E-state index is 10.9. The smallest absolute Gasteiger partial charge is 0.410 e. The van der Waals surface area contributed by atoms with Gasteiger partial charge in [0.15, 0.2) is 5.82 Å². The maximum atomic E-state index is 10.9. The Morgan fingerprint density at radius 3 is 2.61 bits per heavy atom. The Morgan fingerprint density at radius 2 is 2.00 bits per heavy atom. The Kier molecular flexibility index (Phi) is 3.37. The number of furan rings is 1. The summed E-state index contributed by atoms with van der Waals surface area (Å²) in [6, 6.07) is 5.85. The minimum atomic E-state index is -1.27. The fourth-order valence-corrected chi connectivity index (χ4v) is 2.34. The van der Waals surface area contributed by atoms with Gasteiger partial charge in [-0.2, -0.15) is 0 Å². The molecule has 0 aliphatic carbocycles. The largest absolute Gasteiger partial charge is 0.465 e. The van der Waals surface area contributed by atoms with E-state index in [4.69, 9.17) is 9.52 Å². The first-order valence-corrected chi connectivity index (χ1v) is 6.46. The molecule has 116 valence electrons. The Labute approximate surface area is 128 Å². The molecule has 2 heterocycles. The molecule has 3 aromatic rings. The Bertz CT molecular complexity index is 917. The molecule has 2 aromatic heterocycles. The number of anilines is 1. The van der Waals surface area contributed by atoms with E-state index in [0.717, 1.165) is 0 Å². The number of rotatable bonds is 3. The second-order valence-electron chi connectivity index (χ2n) is 4.67. The molecule has 0 aliphatic heterocycles. The van der Waals surface area contributed by atoms with Crippen LogP contribution in [0.2, 0.25) is 0 Å². The van der Waals surface area contributed by atoms with Gasteiger partial charge >= 0.3 is 6.09 Å². The van der Waals surface area contributed by atoms with Crippen molar-refractivity contribution in [3.05, 3.63) is 46.5 Å². The first-order valence-electron chi connectivity index (χ1n) is 6.46. The molecular weight excluding hydrogens is 304 g/mol. The van der Waals surface area contributed by atoms with Crippen molar-refractivity contribution in [1.82, 2.24) is 9.97 Å². The molecule has 1 amide bonds. The van der Waals surface area contributed by atoms with Gasteiger partial charge in [-0.15, -0.1) is 0 Å². The van der Waals surface area contributed by atoms with Crippen LogP contribution < -0.4 is 5.32 Å². The summed E-state index contributed by atoms with van der Waals surface area (Å²) in [5, 5.41) is 22.3. The van der Waals surface area contributed by atoms with Crippen LogP contribution in [0.5, 0.6) is 0 Å². The lowest BCUT2D eigenvalue weighted by Crippen LogP contribution is -2.09. The van der Waals surface area contributed by atoms with Crippen LogP contribution >= 0.6 is 0 Å². The molecule has 0 atom stereocenters. The number of hydrogen-bond acceptors (Lipinski definition) is 6. The number of fused-ring (bicyclic) bond motifs is 1. The zero-order valence-corrected chi connectivity index (χ0v) is 11.8. The van der Waals surface area contributed by atoms with E-state index in [1.807, 2.05) is 0 Å². The van der Waals surface area contributed by atoms with Gasteiger partial charge in [0.05, 0.1) is 10.3 Å². The van der Waals surface area contributed by atoms with Crippen molar-refractivity contribution >= 4 is 28.7 Å².